The molecule has 0 radical (unpaired) electrons. The maximum Gasteiger partial charge on any atom is 0.306 e. The molecule has 0 aromatic heterocycles. The molecule has 0 spiro atoms. The van der Waals surface area contributed by atoms with Crippen molar-refractivity contribution < 1.29 is 28.6 Å². The molecule has 0 aliphatic heterocycles. The first kappa shape index (κ1) is 65.0. The SMILES string of the molecule is CC/C=C\C/C=C\C/C=C\C/C=C\C/C=C\C/C=C\CCC(=O)OCC(COC(=O)CCCCCCCC/C=C\C=C/CCCCC)OC(=O)CCCCCCC\C=C/C=C\C=C/C=C\C=C/CCC. The van der Waals surface area contributed by atoms with Crippen molar-refractivity contribution in [1.82, 2.24) is 0 Å². The zero-order valence-corrected chi connectivity index (χ0v) is 44.5. The van der Waals surface area contributed by atoms with Crippen molar-refractivity contribution in [3.05, 3.63) is 158 Å². The standard InChI is InChI=1S/C64H98O6/c1-4-7-10-13-16-19-22-25-28-30-32-34-36-39-42-45-48-51-54-57-63(66)69-60-61(59-68-62(65)56-53-50-47-44-41-38-35-27-24-21-18-15-12-9-6-3)70-64(67)58-55-52-49-46-43-40-37-33-31-29-26-23-20-17-14-11-8-5-2/h7,10-11,14,16-21,23-29,31-34,37,39,42,48,51,61H,4-6,8-9,12-13,15,22,30,35-36,38,40-41,43-47,49-50,52-60H2,1-3H3/b10-7-,14-11-,19-16-,20-17-,21-18-,26-23-,27-24-,28-25-,31-29-,34-32-,37-33-,42-39-,51-48-. The minimum absolute atomic E-state index is 0.126. The summed E-state index contributed by atoms with van der Waals surface area (Å²) in [5.41, 5.74) is 0. The first-order valence-corrected chi connectivity index (χ1v) is 27.6. The average molecular weight is 963 g/mol. The summed E-state index contributed by atoms with van der Waals surface area (Å²) in [4.78, 5) is 38.1. The molecule has 0 heterocycles. The molecule has 70 heavy (non-hydrogen) atoms. The highest BCUT2D eigenvalue weighted by molar-refractivity contribution is 5.71. The highest BCUT2D eigenvalue weighted by Gasteiger charge is 2.19. The Labute approximate surface area is 429 Å². The molecule has 0 aromatic rings. The van der Waals surface area contributed by atoms with Crippen molar-refractivity contribution in [3.63, 3.8) is 0 Å². The predicted octanol–water partition coefficient (Wildman–Crippen LogP) is 18.6. The maximum absolute atomic E-state index is 12.8. The molecule has 0 aromatic carbocycles. The number of allylic oxidation sites excluding steroid dienone is 26. The monoisotopic (exact) mass is 963 g/mol. The van der Waals surface area contributed by atoms with Gasteiger partial charge in [0, 0.05) is 19.3 Å². The van der Waals surface area contributed by atoms with Gasteiger partial charge in [0.15, 0.2) is 6.10 Å². The lowest BCUT2D eigenvalue weighted by Crippen LogP contribution is -2.30. The fourth-order valence-corrected chi connectivity index (χ4v) is 6.78. The highest BCUT2D eigenvalue weighted by Crippen LogP contribution is 2.12. The zero-order chi connectivity index (χ0) is 50.7. The van der Waals surface area contributed by atoms with Crippen molar-refractivity contribution in [1.29, 1.82) is 0 Å². The summed E-state index contributed by atoms with van der Waals surface area (Å²) in [5, 5.41) is 0. The summed E-state index contributed by atoms with van der Waals surface area (Å²) < 4.78 is 16.7. The van der Waals surface area contributed by atoms with Gasteiger partial charge in [0.05, 0.1) is 0 Å². The fourth-order valence-electron chi connectivity index (χ4n) is 6.78. The number of hydrogen-bond donors (Lipinski definition) is 0. The number of carbonyl (C=O) groups excluding carboxylic acids is 3. The van der Waals surface area contributed by atoms with E-state index in [1.165, 1.54) is 38.5 Å². The molecule has 390 valence electrons. The van der Waals surface area contributed by atoms with E-state index in [4.69, 9.17) is 14.2 Å². The molecule has 1 unspecified atom stereocenters. The number of unbranched alkanes of at least 4 members (excludes halogenated alkanes) is 15. The van der Waals surface area contributed by atoms with Gasteiger partial charge in [0.1, 0.15) is 13.2 Å². The quantitative estimate of drug-likeness (QED) is 0.0199. The zero-order valence-electron chi connectivity index (χ0n) is 44.5. The molecule has 0 saturated heterocycles. The van der Waals surface area contributed by atoms with Gasteiger partial charge in [-0.25, -0.2) is 0 Å². The number of esters is 3. The first-order chi connectivity index (χ1) is 34.5. The maximum atomic E-state index is 12.8. The Bertz CT molecular complexity index is 1620. The predicted molar refractivity (Wildman–Crippen MR) is 302 cm³/mol. The summed E-state index contributed by atoms with van der Waals surface area (Å²) in [6, 6.07) is 0. The minimum atomic E-state index is -0.836. The molecule has 0 bridgehead atoms. The third kappa shape index (κ3) is 54.0. The van der Waals surface area contributed by atoms with Gasteiger partial charge in [-0.2, -0.15) is 0 Å². The molecule has 0 aliphatic carbocycles. The van der Waals surface area contributed by atoms with Crippen LogP contribution in [0.3, 0.4) is 0 Å². The summed E-state index contributed by atoms with van der Waals surface area (Å²) in [6.45, 7) is 6.29. The molecule has 0 fully saturated rings. The van der Waals surface area contributed by atoms with Crippen LogP contribution in [-0.4, -0.2) is 37.2 Å². The number of ether oxygens (including phenoxy) is 3. The lowest BCUT2D eigenvalue weighted by atomic mass is 10.1. The molecular weight excluding hydrogens is 865 g/mol. The third-order valence-corrected chi connectivity index (χ3v) is 10.9. The Morgan fingerprint density at radius 3 is 1.13 bits per heavy atom. The molecule has 0 amide bonds. The van der Waals surface area contributed by atoms with Crippen LogP contribution in [-0.2, 0) is 28.6 Å². The van der Waals surface area contributed by atoms with Gasteiger partial charge in [-0.05, 0) is 103 Å². The van der Waals surface area contributed by atoms with E-state index in [9.17, 15) is 14.4 Å². The van der Waals surface area contributed by atoms with Gasteiger partial charge in [-0.15, -0.1) is 0 Å². The van der Waals surface area contributed by atoms with Gasteiger partial charge in [0.2, 0.25) is 0 Å². The third-order valence-electron chi connectivity index (χ3n) is 10.9. The Morgan fingerprint density at radius 2 is 0.671 bits per heavy atom. The van der Waals surface area contributed by atoms with Crippen LogP contribution in [0.15, 0.2) is 158 Å². The lowest BCUT2D eigenvalue weighted by molar-refractivity contribution is -0.166. The van der Waals surface area contributed by atoms with E-state index < -0.39 is 6.10 Å². The van der Waals surface area contributed by atoms with Crippen LogP contribution in [0.1, 0.15) is 207 Å². The van der Waals surface area contributed by atoms with Crippen molar-refractivity contribution in [2.24, 2.45) is 0 Å². The topological polar surface area (TPSA) is 78.9 Å². The van der Waals surface area contributed by atoms with Crippen molar-refractivity contribution in [2.75, 3.05) is 13.2 Å². The molecule has 0 saturated carbocycles. The molecule has 1 atom stereocenters. The van der Waals surface area contributed by atoms with E-state index in [1.807, 2.05) is 48.6 Å². The minimum Gasteiger partial charge on any atom is -0.462 e. The number of rotatable bonds is 47. The molecule has 6 nitrogen and oxygen atoms in total. The second kappa shape index (κ2) is 56.6. The summed E-state index contributed by atoms with van der Waals surface area (Å²) >= 11 is 0. The van der Waals surface area contributed by atoms with E-state index in [0.717, 1.165) is 122 Å². The molecule has 0 N–H and O–H groups in total. The molecule has 0 rings (SSSR count). The summed E-state index contributed by atoms with van der Waals surface area (Å²) in [6.07, 6.45) is 82.3. The van der Waals surface area contributed by atoms with Gasteiger partial charge in [-0.3, -0.25) is 14.4 Å². The van der Waals surface area contributed by atoms with Crippen molar-refractivity contribution in [3.8, 4) is 0 Å². The van der Waals surface area contributed by atoms with Crippen LogP contribution in [0.4, 0.5) is 0 Å². The second-order valence-corrected chi connectivity index (χ2v) is 17.5. The van der Waals surface area contributed by atoms with Crippen LogP contribution >= 0.6 is 0 Å². The highest BCUT2D eigenvalue weighted by atomic mass is 16.6. The number of carbonyl (C=O) groups is 3. The Hall–Kier alpha value is -4.97. The van der Waals surface area contributed by atoms with Gasteiger partial charge < -0.3 is 14.2 Å². The van der Waals surface area contributed by atoms with E-state index in [-0.39, 0.29) is 44.0 Å². The van der Waals surface area contributed by atoms with Gasteiger partial charge in [0.25, 0.3) is 0 Å². The molecular formula is C64H98O6. The van der Waals surface area contributed by atoms with Crippen LogP contribution in [0.5, 0.6) is 0 Å². The first-order valence-electron chi connectivity index (χ1n) is 27.6. The van der Waals surface area contributed by atoms with E-state index in [1.54, 1.807) is 0 Å². The lowest BCUT2D eigenvalue weighted by Gasteiger charge is -2.18. The second-order valence-electron chi connectivity index (χ2n) is 17.5. The molecule has 6 heteroatoms. The van der Waals surface area contributed by atoms with Crippen LogP contribution in [0.25, 0.3) is 0 Å². The average Bonchev–Trinajstić information content (AvgIpc) is 3.36. The van der Waals surface area contributed by atoms with Crippen molar-refractivity contribution >= 4 is 17.9 Å². The smallest absolute Gasteiger partial charge is 0.306 e. The normalized spacial score (nSPS) is 13.4. The summed E-state index contributed by atoms with van der Waals surface area (Å²) in [7, 11) is 0. The molecule has 0 aliphatic rings. The Kier molecular flexibility index (Phi) is 52.6. The van der Waals surface area contributed by atoms with Crippen LogP contribution < -0.4 is 0 Å². The fraction of sp³-hybridized carbons (Fsp3) is 0.547. The van der Waals surface area contributed by atoms with Gasteiger partial charge in [-0.1, -0.05) is 243 Å². The Morgan fingerprint density at radius 1 is 0.314 bits per heavy atom. The van der Waals surface area contributed by atoms with Crippen LogP contribution in [0.2, 0.25) is 0 Å². The van der Waals surface area contributed by atoms with Gasteiger partial charge >= 0.3 is 17.9 Å². The van der Waals surface area contributed by atoms with Crippen molar-refractivity contribution in [2.45, 2.75) is 213 Å². The van der Waals surface area contributed by atoms with Crippen LogP contribution in [0, 0.1) is 0 Å². The van der Waals surface area contributed by atoms with E-state index in [0.29, 0.717) is 12.8 Å². The van der Waals surface area contributed by atoms with E-state index in [2.05, 4.69) is 130 Å². The largest absolute Gasteiger partial charge is 0.462 e. The van der Waals surface area contributed by atoms with E-state index >= 15 is 0 Å². The number of hydrogen-bond acceptors (Lipinski definition) is 6. The summed E-state index contributed by atoms with van der Waals surface area (Å²) in [5.74, 6) is -1.06. The Balaban J connectivity index is 4.62.